The quantitative estimate of drug-likeness (QED) is 0.590. The number of rotatable bonds is 5. The van der Waals surface area contributed by atoms with Gasteiger partial charge >= 0.3 is 0 Å². The highest BCUT2D eigenvalue weighted by Crippen LogP contribution is 2.25. The Bertz CT molecular complexity index is 973. The van der Waals surface area contributed by atoms with Crippen molar-refractivity contribution in [1.29, 1.82) is 0 Å². The Morgan fingerprint density at radius 3 is 2.47 bits per heavy atom. The topological polar surface area (TPSA) is 84.7 Å². The number of morpholine rings is 1. The number of nitro benzene ring substituents is 1. The number of hydrogen-bond acceptors (Lipinski definition) is 5. The second-order valence-corrected chi connectivity index (χ2v) is 7.49. The van der Waals surface area contributed by atoms with Gasteiger partial charge in [0, 0.05) is 31.3 Å². The number of hydrogen-bond donors (Lipinski definition) is 1. The number of amides is 1. The fourth-order valence-electron chi connectivity index (χ4n) is 3.56. The van der Waals surface area contributed by atoms with E-state index < -0.39 is 28.2 Å². The van der Waals surface area contributed by atoms with Crippen LogP contribution in [-0.2, 0) is 11.3 Å². The molecule has 0 saturated carbocycles. The second-order valence-electron chi connectivity index (χ2n) is 7.49. The molecule has 1 fully saturated rings. The molecule has 2 atom stereocenters. The van der Waals surface area contributed by atoms with Crippen LogP contribution >= 0.6 is 0 Å². The smallest absolute Gasteiger partial charge is 0.276 e. The predicted octanol–water partition coefficient (Wildman–Crippen LogP) is 3.73. The van der Waals surface area contributed by atoms with Crippen LogP contribution in [0.15, 0.2) is 30.3 Å². The van der Waals surface area contributed by atoms with E-state index in [1.165, 1.54) is 13.0 Å². The molecule has 0 bridgehead atoms. The van der Waals surface area contributed by atoms with E-state index >= 15 is 0 Å². The minimum Gasteiger partial charge on any atom is -0.372 e. The van der Waals surface area contributed by atoms with Crippen molar-refractivity contribution < 1.29 is 23.2 Å². The van der Waals surface area contributed by atoms with Gasteiger partial charge in [-0.3, -0.25) is 14.9 Å². The highest BCUT2D eigenvalue weighted by atomic mass is 19.1. The zero-order valence-electron chi connectivity index (χ0n) is 16.9. The highest BCUT2D eigenvalue weighted by molar-refractivity contribution is 5.95. The molecule has 160 valence electrons. The van der Waals surface area contributed by atoms with Gasteiger partial charge in [0.25, 0.3) is 11.6 Å². The van der Waals surface area contributed by atoms with Crippen molar-refractivity contribution in [2.24, 2.45) is 0 Å². The van der Waals surface area contributed by atoms with Crippen LogP contribution in [0.2, 0.25) is 0 Å². The van der Waals surface area contributed by atoms with Crippen molar-refractivity contribution in [3.8, 4) is 0 Å². The molecule has 1 aliphatic rings. The molecule has 2 aromatic rings. The molecule has 3 rings (SSSR count). The third-order valence-electron chi connectivity index (χ3n) is 5.00. The van der Waals surface area contributed by atoms with E-state index in [1.807, 2.05) is 18.7 Å². The second kappa shape index (κ2) is 8.74. The summed E-state index contributed by atoms with van der Waals surface area (Å²) >= 11 is 0. The normalized spacial score (nSPS) is 18.9. The molecule has 1 N–H and O–H groups in total. The van der Waals surface area contributed by atoms with E-state index in [0.29, 0.717) is 24.3 Å². The van der Waals surface area contributed by atoms with Crippen LogP contribution in [0.5, 0.6) is 0 Å². The van der Waals surface area contributed by atoms with E-state index in [4.69, 9.17) is 4.74 Å². The van der Waals surface area contributed by atoms with Crippen molar-refractivity contribution in [3.05, 3.63) is 68.8 Å². The number of nitrogens with one attached hydrogen (secondary N) is 1. The zero-order valence-corrected chi connectivity index (χ0v) is 16.9. The van der Waals surface area contributed by atoms with Crippen LogP contribution < -0.4 is 10.2 Å². The number of carbonyl (C=O) groups excluding carboxylic acids is 1. The van der Waals surface area contributed by atoms with Crippen molar-refractivity contribution in [2.45, 2.75) is 39.5 Å². The highest BCUT2D eigenvalue weighted by Gasteiger charge is 2.24. The number of benzene rings is 2. The Balaban J connectivity index is 1.70. The maximum atomic E-state index is 14.7. The van der Waals surface area contributed by atoms with Crippen molar-refractivity contribution >= 4 is 17.3 Å². The molecule has 0 radical (unpaired) electrons. The van der Waals surface area contributed by atoms with Crippen LogP contribution in [0.25, 0.3) is 0 Å². The first-order valence-corrected chi connectivity index (χ1v) is 9.57. The predicted molar refractivity (Wildman–Crippen MR) is 108 cm³/mol. The number of halogens is 2. The van der Waals surface area contributed by atoms with Crippen molar-refractivity contribution in [2.75, 3.05) is 18.0 Å². The van der Waals surface area contributed by atoms with Gasteiger partial charge in [0.15, 0.2) is 0 Å². The van der Waals surface area contributed by atoms with Gasteiger partial charge in [-0.25, -0.2) is 8.78 Å². The lowest BCUT2D eigenvalue weighted by Crippen LogP contribution is -2.45. The largest absolute Gasteiger partial charge is 0.372 e. The van der Waals surface area contributed by atoms with Gasteiger partial charge in [-0.05, 0) is 44.5 Å². The lowest BCUT2D eigenvalue weighted by molar-refractivity contribution is -0.385. The third-order valence-corrected chi connectivity index (χ3v) is 5.00. The lowest BCUT2D eigenvalue weighted by Gasteiger charge is -2.37. The van der Waals surface area contributed by atoms with Gasteiger partial charge in [-0.1, -0.05) is 6.07 Å². The van der Waals surface area contributed by atoms with E-state index in [-0.39, 0.29) is 29.9 Å². The molecule has 9 heteroatoms. The molecule has 7 nitrogen and oxygen atoms in total. The fourth-order valence-corrected chi connectivity index (χ4v) is 3.56. The average molecular weight is 419 g/mol. The molecule has 1 heterocycles. The summed E-state index contributed by atoms with van der Waals surface area (Å²) in [7, 11) is 0. The molecule has 0 aromatic heterocycles. The zero-order chi connectivity index (χ0) is 22.0. The summed E-state index contributed by atoms with van der Waals surface area (Å²) in [6.07, 6.45) is -0.0165. The minimum atomic E-state index is -0.835. The summed E-state index contributed by atoms with van der Waals surface area (Å²) in [5, 5.41) is 13.6. The number of carbonyl (C=O) groups is 1. The molecule has 0 aliphatic carbocycles. The molecule has 1 amide bonds. The first-order valence-electron chi connectivity index (χ1n) is 9.57. The molecule has 2 unspecified atom stereocenters. The summed E-state index contributed by atoms with van der Waals surface area (Å²) in [5.41, 5.74) is 0.202. The van der Waals surface area contributed by atoms with Crippen molar-refractivity contribution in [3.63, 3.8) is 0 Å². The van der Waals surface area contributed by atoms with Gasteiger partial charge in [0.05, 0.1) is 28.4 Å². The van der Waals surface area contributed by atoms with Gasteiger partial charge in [-0.15, -0.1) is 0 Å². The van der Waals surface area contributed by atoms with Crippen LogP contribution in [0.4, 0.5) is 20.2 Å². The van der Waals surface area contributed by atoms with Crippen molar-refractivity contribution in [1.82, 2.24) is 5.32 Å². The van der Waals surface area contributed by atoms with Crippen LogP contribution in [0.1, 0.15) is 35.3 Å². The summed E-state index contributed by atoms with van der Waals surface area (Å²) < 4.78 is 34.2. The van der Waals surface area contributed by atoms with E-state index in [0.717, 1.165) is 12.1 Å². The monoisotopic (exact) mass is 419 g/mol. The molecule has 2 aromatic carbocycles. The molecular formula is C21H23F2N3O4. The third kappa shape index (κ3) is 4.73. The van der Waals surface area contributed by atoms with E-state index in [2.05, 4.69) is 5.32 Å². The average Bonchev–Trinajstić information content (AvgIpc) is 2.67. The number of nitro groups is 1. The Kier molecular flexibility index (Phi) is 6.31. The lowest BCUT2D eigenvalue weighted by atomic mass is 10.1. The van der Waals surface area contributed by atoms with Gasteiger partial charge in [0.2, 0.25) is 0 Å². The van der Waals surface area contributed by atoms with Crippen LogP contribution in [0.3, 0.4) is 0 Å². The van der Waals surface area contributed by atoms with E-state index in [9.17, 15) is 23.7 Å². The molecular weight excluding hydrogens is 396 g/mol. The summed E-state index contributed by atoms with van der Waals surface area (Å²) in [4.78, 5) is 24.5. The summed E-state index contributed by atoms with van der Waals surface area (Å²) in [6, 6.07) is 6.65. The first kappa shape index (κ1) is 21.6. The molecule has 30 heavy (non-hydrogen) atoms. The summed E-state index contributed by atoms with van der Waals surface area (Å²) in [5.74, 6) is -1.93. The number of nitrogens with zero attached hydrogens (tertiary/aromatic N) is 2. The van der Waals surface area contributed by atoms with Crippen LogP contribution in [-0.4, -0.2) is 36.1 Å². The number of anilines is 1. The Morgan fingerprint density at radius 2 is 1.87 bits per heavy atom. The fraction of sp³-hybridized carbons (Fsp3) is 0.381. The Labute approximate surface area is 172 Å². The number of ether oxygens (including phenoxy) is 1. The maximum Gasteiger partial charge on any atom is 0.276 e. The Hall–Kier alpha value is -3.07. The standard InChI is InChI=1S/C21H23F2N3O4/c1-12-10-25(11-13(2)30-12)19-5-4-15(6-18(19)23)9-24-21(27)16-7-17(22)14(3)20(8-16)26(28)29/h4-8,12-13H,9-11H2,1-3H3,(H,24,27). The minimum absolute atomic E-state index is 0.00472. The van der Waals surface area contributed by atoms with Gasteiger partial charge in [-0.2, -0.15) is 0 Å². The molecule has 1 saturated heterocycles. The van der Waals surface area contributed by atoms with E-state index in [1.54, 1.807) is 12.1 Å². The maximum absolute atomic E-state index is 14.7. The molecule has 0 spiro atoms. The van der Waals surface area contributed by atoms with Crippen LogP contribution in [0, 0.1) is 28.7 Å². The SMILES string of the molecule is Cc1c(F)cc(C(=O)NCc2ccc(N3CC(C)OC(C)C3)c(F)c2)cc1[N+](=O)[O-]. The Morgan fingerprint density at radius 1 is 1.20 bits per heavy atom. The first-order chi connectivity index (χ1) is 14.2. The summed E-state index contributed by atoms with van der Waals surface area (Å²) in [6.45, 7) is 6.29. The van der Waals surface area contributed by atoms with Gasteiger partial charge < -0.3 is 15.0 Å². The van der Waals surface area contributed by atoms with Gasteiger partial charge in [0.1, 0.15) is 11.6 Å². The molecule has 1 aliphatic heterocycles.